The number of rotatable bonds is 9. The number of carbonyl (C=O) groups is 1. The summed E-state index contributed by atoms with van der Waals surface area (Å²) >= 11 is 0. The number of nitrogens with one attached hydrogen (secondary N) is 1. The zero-order valence-corrected chi connectivity index (χ0v) is 12.0. The van der Waals surface area contributed by atoms with E-state index in [1.807, 2.05) is 0 Å². The summed E-state index contributed by atoms with van der Waals surface area (Å²) in [5.41, 5.74) is 0.876. The third-order valence-electron chi connectivity index (χ3n) is 2.73. The molecule has 4 nitrogen and oxygen atoms in total. The van der Waals surface area contributed by atoms with Crippen molar-refractivity contribution in [3.8, 4) is 5.75 Å². The van der Waals surface area contributed by atoms with E-state index in [0.717, 1.165) is 31.4 Å². The number of benzene rings is 1. The summed E-state index contributed by atoms with van der Waals surface area (Å²) in [5, 5.41) is 11.9. The first-order valence-electron chi connectivity index (χ1n) is 7.05. The lowest BCUT2D eigenvalue weighted by Gasteiger charge is -2.04. The molecule has 0 aliphatic heterocycles. The van der Waals surface area contributed by atoms with Gasteiger partial charge in [-0.15, -0.1) is 0 Å². The van der Waals surface area contributed by atoms with E-state index in [9.17, 15) is 4.79 Å². The second kappa shape index (κ2) is 10.0. The number of unbranched alkanes of at least 4 members (excludes halogenated alkanes) is 1. The lowest BCUT2D eigenvalue weighted by atomic mass is 10.2. The zero-order valence-electron chi connectivity index (χ0n) is 12.0. The van der Waals surface area contributed by atoms with Gasteiger partial charge in [0.15, 0.2) is 0 Å². The van der Waals surface area contributed by atoms with Gasteiger partial charge < -0.3 is 15.2 Å². The van der Waals surface area contributed by atoms with E-state index >= 15 is 0 Å². The van der Waals surface area contributed by atoms with Crippen molar-refractivity contribution in [2.75, 3.05) is 19.8 Å². The van der Waals surface area contributed by atoms with Crippen LogP contribution in [0.4, 0.5) is 0 Å². The maximum atomic E-state index is 11.5. The maximum absolute atomic E-state index is 11.5. The second-order valence-electron chi connectivity index (χ2n) is 4.54. The molecule has 1 amide bonds. The third-order valence-corrected chi connectivity index (χ3v) is 2.73. The Morgan fingerprint density at radius 3 is 2.65 bits per heavy atom. The molecular weight excluding hydrogens is 254 g/mol. The molecule has 0 heterocycles. The smallest absolute Gasteiger partial charge is 0.244 e. The van der Waals surface area contributed by atoms with E-state index in [-0.39, 0.29) is 11.7 Å². The fourth-order valence-electron chi connectivity index (χ4n) is 1.55. The fourth-order valence-corrected chi connectivity index (χ4v) is 1.55. The van der Waals surface area contributed by atoms with E-state index in [4.69, 9.17) is 9.84 Å². The van der Waals surface area contributed by atoms with Crippen molar-refractivity contribution in [3.63, 3.8) is 0 Å². The van der Waals surface area contributed by atoms with Gasteiger partial charge in [0.05, 0.1) is 0 Å². The van der Waals surface area contributed by atoms with Crippen LogP contribution in [0.3, 0.4) is 0 Å². The van der Waals surface area contributed by atoms with Gasteiger partial charge in [-0.2, -0.15) is 0 Å². The van der Waals surface area contributed by atoms with E-state index in [2.05, 4.69) is 12.2 Å². The molecule has 2 N–H and O–H groups in total. The summed E-state index contributed by atoms with van der Waals surface area (Å²) in [4.78, 5) is 11.5. The van der Waals surface area contributed by atoms with Crippen LogP contribution in [0.1, 0.15) is 31.7 Å². The number of amides is 1. The molecule has 0 atom stereocenters. The van der Waals surface area contributed by atoms with Gasteiger partial charge in [0.1, 0.15) is 5.75 Å². The highest BCUT2D eigenvalue weighted by Gasteiger charge is 1.95. The Bertz CT molecular complexity index is 412. The summed E-state index contributed by atoms with van der Waals surface area (Å²) in [6.07, 6.45) is 6.25. The predicted octanol–water partition coefficient (Wildman–Crippen LogP) is 2.73. The minimum Gasteiger partial charge on any atom is -0.508 e. The molecule has 0 bridgehead atoms. The summed E-state index contributed by atoms with van der Waals surface area (Å²) in [6, 6.07) is 6.68. The molecule has 0 saturated carbocycles. The number of aromatic hydroxyl groups is 1. The van der Waals surface area contributed by atoms with Gasteiger partial charge in [0.25, 0.3) is 0 Å². The average Bonchev–Trinajstić information content (AvgIpc) is 2.46. The lowest BCUT2D eigenvalue weighted by Crippen LogP contribution is -2.23. The van der Waals surface area contributed by atoms with E-state index in [0.29, 0.717) is 13.2 Å². The highest BCUT2D eigenvalue weighted by molar-refractivity contribution is 5.91. The van der Waals surface area contributed by atoms with Crippen LogP contribution in [-0.4, -0.2) is 30.8 Å². The van der Waals surface area contributed by atoms with Crippen molar-refractivity contribution in [2.45, 2.75) is 26.2 Å². The van der Waals surface area contributed by atoms with Crippen molar-refractivity contribution in [1.82, 2.24) is 5.32 Å². The monoisotopic (exact) mass is 277 g/mol. The number of hydrogen-bond donors (Lipinski definition) is 2. The molecule has 0 aliphatic carbocycles. The molecule has 110 valence electrons. The van der Waals surface area contributed by atoms with Crippen molar-refractivity contribution in [2.24, 2.45) is 0 Å². The number of phenols is 1. The van der Waals surface area contributed by atoms with Gasteiger partial charge in [-0.3, -0.25) is 4.79 Å². The lowest BCUT2D eigenvalue weighted by molar-refractivity contribution is -0.116. The highest BCUT2D eigenvalue weighted by atomic mass is 16.5. The van der Waals surface area contributed by atoms with Gasteiger partial charge >= 0.3 is 0 Å². The number of phenolic OH excluding ortho intramolecular Hbond substituents is 1. The molecule has 4 heteroatoms. The average molecular weight is 277 g/mol. The molecule has 0 radical (unpaired) electrons. The Morgan fingerprint density at radius 1 is 1.25 bits per heavy atom. The molecule has 20 heavy (non-hydrogen) atoms. The first kappa shape index (κ1) is 16.2. The number of ether oxygens (including phenoxy) is 1. The van der Waals surface area contributed by atoms with Crippen LogP contribution < -0.4 is 5.32 Å². The largest absolute Gasteiger partial charge is 0.508 e. The van der Waals surface area contributed by atoms with Crippen molar-refractivity contribution in [3.05, 3.63) is 35.9 Å². The Labute approximate surface area is 120 Å². The van der Waals surface area contributed by atoms with Crippen LogP contribution in [0.25, 0.3) is 6.08 Å². The predicted molar refractivity (Wildman–Crippen MR) is 80.5 cm³/mol. The van der Waals surface area contributed by atoms with Gasteiger partial charge in [-0.1, -0.05) is 25.5 Å². The summed E-state index contributed by atoms with van der Waals surface area (Å²) in [7, 11) is 0. The van der Waals surface area contributed by atoms with Crippen molar-refractivity contribution >= 4 is 12.0 Å². The number of carbonyl (C=O) groups excluding carboxylic acids is 1. The molecule has 1 aromatic carbocycles. The van der Waals surface area contributed by atoms with Crippen LogP contribution in [0.15, 0.2) is 30.3 Å². The Hall–Kier alpha value is -1.81. The molecule has 1 rings (SSSR count). The van der Waals surface area contributed by atoms with Crippen LogP contribution in [-0.2, 0) is 9.53 Å². The van der Waals surface area contributed by atoms with Crippen LogP contribution in [0.5, 0.6) is 5.75 Å². The van der Waals surface area contributed by atoms with E-state index in [1.54, 1.807) is 30.3 Å². The zero-order chi connectivity index (χ0) is 14.6. The minimum atomic E-state index is -0.119. The van der Waals surface area contributed by atoms with Crippen LogP contribution in [0, 0.1) is 0 Å². The van der Waals surface area contributed by atoms with Crippen molar-refractivity contribution < 1.29 is 14.6 Å². The molecule has 0 spiro atoms. The quantitative estimate of drug-likeness (QED) is 0.539. The van der Waals surface area contributed by atoms with Gasteiger partial charge in [0, 0.05) is 25.8 Å². The molecule has 0 saturated heterocycles. The molecule has 0 fully saturated rings. The fraction of sp³-hybridized carbons (Fsp3) is 0.438. The molecule has 1 aromatic rings. The molecule has 0 unspecified atom stereocenters. The Morgan fingerprint density at radius 2 is 1.95 bits per heavy atom. The normalized spacial score (nSPS) is 10.8. The molecule has 0 aliphatic rings. The summed E-state index contributed by atoms with van der Waals surface area (Å²) < 4.78 is 5.40. The van der Waals surface area contributed by atoms with Crippen LogP contribution in [0.2, 0.25) is 0 Å². The van der Waals surface area contributed by atoms with Crippen LogP contribution >= 0.6 is 0 Å². The van der Waals surface area contributed by atoms with Gasteiger partial charge in [-0.05, 0) is 36.6 Å². The molecule has 0 aromatic heterocycles. The standard InChI is InChI=1S/C16H23NO3/c1-2-3-12-20-13-4-11-17-16(19)10-7-14-5-8-15(18)9-6-14/h5-10,18H,2-4,11-13H2,1H3,(H,17,19)/b10-7+. The second-order valence-corrected chi connectivity index (χ2v) is 4.54. The minimum absolute atomic E-state index is 0.119. The highest BCUT2D eigenvalue weighted by Crippen LogP contribution is 2.10. The SMILES string of the molecule is CCCCOCCCNC(=O)/C=C/c1ccc(O)cc1. The van der Waals surface area contributed by atoms with Gasteiger partial charge in [-0.25, -0.2) is 0 Å². The first-order chi connectivity index (χ1) is 9.72. The third kappa shape index (κ3) is 7.59. The van der Waals surface area contributed by atoms with E-state index in [1.165, 1.54) is 6.08 Å². The summed E-state index contributed by atoms with van der Waals surface area (Å²) in [5.74, 6) is 0.0984. The topological polar surface area (TPSA) is 58.6 Å². The summed E-state index contributed by atoms with van der Waals surface area (Å²) in [6.45, 7) is 4.22. The number of hydrogen-bond acceptors (Lipinski definition) is 3. The van der Waals surface area contributed by atoms with Gasteiger partial charge in [0.2, 0.25) is 5.91 Å². The Kier molecular flexibility index (Phi) is 8.15. The van der Waals surface area contributed by atoms with E-state index < -0.39 is 0 Å². The Balaban J connectivity index is 2.12. The van der Waals surface area contributed by atoms with Crippen molar-refractivity contribution in [1.29, 1.82) is 0 Å². The molecular formula is C16H23NO3. The maximum Gasteiger partial charge on any atom is 0.244 e. The first-order valence-corrected chi connectivity index (χ1v) is 7.05.